The highest BCUT2D eigenvalue weighted by Gasteiger charge is 2.15. The van der Waals surface area contributed by atoms with Crippen LogP contribution in [0.25, 0.3) is 0 Å². The number of carbonyl (C=O) groups is 2. The molecule has 0 bridgehead atoms. The minimum atomic E-state index is -0.893. The quantitative estimate of drug-likeness (QED) is 0.449. The number of nitrogens with zero attached hydrogens (tertiary/aromatic N) is 1. The van der Waals surface area contributed by atoms with Crippen LogP contribution < -0.4 is 0 Å². The van der Waals surface area contributed by atoms with Crippen LogP contribution in [0.4, 0.5) is 4.39 Å². The second kappa shape index (κ2) is 4.67. The van der Waals surface area contributed by atoms with Gasteiger partial charge in [0.15, 0.2) is 5.78 Å². The van der Waals surface area contributed by atoms with Crippen molar-refractivity contribution < 1.29 is 14.0 Å². The molecule has 0 N–H and O–H groups in total. The molecule has 0 saturated heterocycles. The Bertz CT molecular complexity index is 465. The van der Waals surface area contributed by atoms with Crippen molar-refractivity contribution in [3.05, 3.63) is 34.6 Å². The monoisotopic (exact) mass is 225 g/mol. The number of halogens is 2. The smallest absolute Gasteiger partial charge is 0.179 e. The van der Waals surface area contributed by atoms with Gasteiger partial charge in [0.25, 0.3) is 0 Å². The van der Waals surface area contributed by atoms with Crippen molar-refractivity contribution in [1.82, 2.24) is 0 Å². The molecule has 0 spiro atoms. The van der Waals surface area contributed by atoms with E-state index in [2.05, 4.69) is 0 Å². The number of ketones is 1. The number of Topliss-reactive ketones (excluding diaryl/α,β-unsaturated/α-hetero) is 1. The van der Waals surface area contributed by atoms with Gasteiger partial charge in [-0.05, 0) is 12.1 Å². The molecule has 0 atom stereocenters. The van der Waals surface area contributed by atoms with Crippen molar-refractivity contribution in [3.63, 3.8) is 0 Å². The van der Waals surface area contributed by atoms with Crippen molar-refractivity contribution >= 4 is 23.7 Å². The van der Waals surface area contributed by atoms with E-state index in [0.29, 0.717) is 6.29 Å². The van der Waals surface area contributed by atoms with Gasteiger partial charge >= 0.3 is 0 Å². The van der Waals surface area contributed by atoms with Gasteiger partial charge < -0.3 is 0 Å². The third kappa shape index (κ3) is 2.20. The van der Waals surface area contributed by atoms with Crippen molar-refractivity contribution in [1.29, 1.82) is 5.26 Å². The van der Waals surface area contributed by atoms with E-state index >= 15 is 0 Å². The lowest BCUT2D eigenvalue weighted by Gasteiger charge is -2.02. The first-order valence-electron chi connectivity index (χ1n) is 3.92. The zero-order chi connectivity index (χ0) is 11.4. The number of hydrogen-bond acceptors (Lipinski definition) is 3. The summed E-state index contributed by atoms with van der Waals surface area (Å²) in [5, 5.41) is 8.63. The fraction of sp³-hybridized carbons (Fsp3) is 0.100. The number of nitriles is 1. The number of rotatable bonds is 3. The van der Waals surface area contributed by atoms with Crippen LogP contribution in [0.15, 0.2) is 12.1 Å². The van der Waals surface area contributed by atoms with E-state index in [9.17, 15) is 14.0 Å². The first-order valence-corrected chi connectivity index (χ1v) is 4.45. The molecule has 1 aromatic rings. The number of aldehydes is 1. The molecule has 0 aliphatic carbocycles. The van der Waals surface area contributed by atoms with Gasteiger partial charge in [-0.2, -0.15) is 5.26 Å². The molecular weight excluding hydrogens is 221 g/mol. The van der Waals surface area contributed by atoms with E-state index in [1.807, 2.05) is 0 Å². The lowest BCUT2D eigenvalue weighted by molar-refractivity contribution is 0.102. The lowest BCUT2D eigenvalue weighted by atomic mass is 10.0. The molecule has 0 fully saturated rings. The van der Waals surface area contributed by atoms with E-state index in [4.69, 9.17) is 16.9 Å². The van der Waals surface area contributed by atoms with Gasteiger partial charge in [0.1, 0.15) is 18.2 Å². The number of benzene rings is 1. The van der Waals surface area contributed by atoms with Crippen molar-refractivity contribution in [3.8, 4) is 6.07 Å². The Kier molecular flexibility index (Phi) is 3.53. The predicted molar refractivity (Wildman–Crippen MR) is 51.6 cm³/mol. The van der Waals surface area contributed by atoms with Crippen LogP contribution in [0, 0.1) is 17.1 Å². The second-order valence-electron chi connectivity index (χ2n) is 2.71. The zero-order valence-corrected chi connectivity index (χ0v) is 8.21. The molecule has 0 aliphatic heterocycles. The zero-order valence-electron chi connectivity index (χ0n) is 7.46. The first kappa shape index (κ1) is 11.3. The summed E-state index contributed by atoms with van der Waals surface area (Å²) in [4.78, 5) is 21.7. The SMILES string of the molecule is N#Cc1c(F)cc(C=O)cc1C(=O)CCl. The molecule has 3 nitrogen and oxygen atoms in total. The summed E-state index contributed by atoms with van der Waals surface area (Å²) in [7, 11) is 0. The Morgan fingerprint density at radius 1 is 1.60 bits per heavy atom. The van der Waals surface area contributed by atoms with E-state index in [1.54, 1.807) is 6.07 Å². The second-order valence-corrected chi connectivity index (χ2v) is 2.98. The number of alkyl halides is 1. The average Bonchev–Trinajstić information content (AvgIpc) is 2.26. The van der Waals surface area contributed by atoms with Gasteiger partial charge in [-0.3, -0.25) is 9.59 Å². The molecular formula is C10H5ClFNO2. The highest BCUT2D eigenvalue weighted by atomic mass is 35.5. The van der Waals surface area contributed by atoms with E-state index in [0.717, 1.165) is 12.1 Å². The third-order valence-corrected chi connectivity index (χ3v) is 2.02. The Labute approximate surface area is 90.1 Å². The average molecular weight is 226 g/mol. The Balaban J connectivity index is 3.47. The van der Waals surface area contributed by atoms with Crippen LogP contribution in [0.2, 0.25) is 0 Å². The standard InChI is InChI=1S/C10H5ClFNO2/c11-3-10(15)7-1-6(5-14)2-9(12)8(7)4-13/h1-2,5H,3H2. The highest BCUT2D eigenvalue weighted by molar-refractivity contribution is 6.30. The molecule has 5 heteroatoms. The molecule has 0 radical (unpaired) electrons. The van der Waals surface area contributed by atoms with Crippen LogP contribution in [0.5, 0.6) is 0 Å². The molecule has 0 unspecified atom stereocenters. The summed E-state index contributed by atoms with van der Waals surface area (Å²) in [5.74, 6) is -1.84. The molecule has 0 amide bonds. The highest BCUT2D eigenvalue weighted by Crippen LogP contribution is 2.16. The largest absolute Gasteiger partial charge is 0.298 e. The van der Waals surface area contributed by atoms with Crippen LogP contribution in [0.3, 0.4) is 0 Å². The summed E-state index contributed by atoms with van der Waals surface area (Å²) in [6.45, 7) is 0. The third-order valence-electron chi connectivity index (χ3n) is 1.78. The molecule has 1 rings (SSSR count). The van der Waals surface area contributed by atoms with Gasteiger partial charge in [-0.1, -0.05) is 0 Å². The summed E-state index contributed by atoms with van der Waals surface area (Å²) in [6, 6.07) is 3.61. The van der Waals surface area contributed by atoms with Crippen molar-refractivity contribution in [2.45, 2.75) is 0 Å². The predicted octanol–water partition coefficient (Wildman–Crippen LogP) is 1.93. The minimum Gasteiger partial charge on any atom is -0.298 e. The molecule has 0 aromatic heterocycles. The molecule has 1 aromatic carbocycles. The van der Waals surface area contributed by atoms with E-state index in [1.165, 1.54) is 0 Å². The first-order chi connectivity index (χ1) is 7.13. The van der Waals surface area contributed by atoms with Crippen LogP contribution in [-0.4, -0.2) is 17.9 Å². The molecule has 0 aliphatic rings. The van der Waals surface area contributed by atoms with Gasteiger partial charge in [0.2, 0.25) is 0 Å². The van der Waals surface area contributed by atoms with Crippen LogP contribution in [0.1, 0.15) is 26.3 Å². The summed E-state index contributed by atoms with van der Waals surface area (Å²) in [6.07, 6.45) is 0.398. The van der Waals surface area contributed by atoms with Crippen molar-refractivity contribution in [2.24, 2.45) is 0 Å². The maximum Gasteiger partial charge on any atom is 0.179 e. The summed E-state index contributed by atoms with van der Waals surface area (Å²) in [5.41, 5.74) is -0.541. The minimum absolute atomic E-state index is 0.0000309. The lowest BCUT2D eigenvalue weighted by Crippen LogP contribution is -2.06. The van der Waals surface area contributed by atoms with E-state index in [-0.39, 0.29) is 22.6 Å². The Morgan fingerprint density at radius 2 is 2.27 bits per heavy atom. The molecule has 0 saturated carbocycles. The normalized spacial score (nSPS) is 9.40. The molecule has 76 valence electrons. The van der Waals surface area contributed by atoms with Crippen molar-refractivity contribution in [2.75, 3.05) is 5.88 Å². The number of hydrogen-bond donors (Lipinski definition) is 0. The maximum atomic E-state index is 13.2. The summed E-state index contributed by atoms with van der Waals surface area (Å²) < 4.78 is 13.2. The van der Waals surface area contributed by atoms with E-state index < -0.39 is 11.6 Å². The van der Waals surface area contributed by atoms with Gasteiger partial charge in [-0.15, -0.1) is 11.6 Å². The maximum absolute atomic E-state index is 13.2. The van der Waals surface area contributed by atoms with Crippen LogP contribution in [-0.2, 0) is 0 Å². The fourth-order valence-corrected chi connectivity index (χ4v) is 1.25. The topological polar surface area (TPSA) is 57.9 Å². The molecule has 0 heterocycles. The van der Waals surface area contributed by atoms with Gasteiger partial charge in [-0.25, -0.2) is 4.39 Å². The van der Waals surface area contributed by atoms with Crippen LogP contribution >= 0.6 is 11.6 Å². The fourth-order valence-electron chi connectivity index (χ4n) is 1.10. The van der Waals surface area contributed by atoms with Gasteiger partial charge in [0, 0.05) is 11.1 Å². The Morgan fingerprint density at radius 3 is 2.73 bits per heavy atom. The molecule has 15 heavy (non-hydrogen) atoms. The Hall–Kier alpha value is -1.73. The van der Waals surface area contributed by atoms with Gasteiger partial charge in [0.05, 0.1) is 11.4 Å². The summed E-state index contributed by atoms with van der Waals surface area (Å²) >= 11 is 5.29. The number of carbonyl (C=O) groups excluding carboxylic acids is 2.